The van der Waals surface area contributed by atoms with Crippen LogP contribution in [0.2, 0.25) is 0 Å². The average Bonchev–Trinajstić information content (AvgIpc) is 2.53. The summed E-state index contributed by atoms with van der Waals surface area (Å²) in [6.07, 6.45) is -1.50. The van der Waals surface area contributed by atoms with E-state index in [1.165, 1.54) is 36.4 Å². The van der Waals surface area contributed by atoms with Crippen LogP contribution >= 0.6 is 0 Å². The lowest BCUT2D eigenvalue weighted by Gasteiger charge is -2.12. The van der Waals surface area contributed by atoms with E-state index in [1.54, 1.807) is 6.07 Å². The summed E-state index contributed by atoms with van der Waals surface area (Å²) in [5.74, 6) is -1.11. The monoisotopic (exact) mass is 319 g/mol. The zero-order valence-electron chi connectivity index (χ0n) is 11.9. The van der Waals surface area contributed by atoms with Gasteiger partial charge in [0.2, 0.25) is 5.91 Å². The Morgan fingerprint density at radius 1 is 1.26 bits per heavy atom. The van der Waals surface area contributed by atoms with E-state index in [4.69, 9.17) is 0 Å². The largest absolute Gasteiger partial charge is 0.388 e. The topological polar surface area (TPSA) is 104 Å². The van der Waals surface area contributed by atoms with Crippen LogP contribution in [0.25, 0.3) is 0 Å². The minimum absolute atomic E-state index is 0.117. The van der Waals surface area contributed by atoms with Gasteiger partial charge in [0.15, 0.2) is 0 Å². The molecule has 0 bridgehead atoms. The highest BCUT2D eigenvalue weighted by Gasteiger charge is 2.16. The SMILES string of the molecule is O=C(CC(O)c1cccc(F)c1)NNc1ccccc1[N+](=O)[O-]. The van der Waals surface area contributed by atoms with Crippen molar-refractivity contribution >= 4 is 17.3 Å². The Kier molecular flexibility index (Phi) is 5.21. The third-order valence-corrected chi connectivity index (χ3v) is 3.05. The molecule has 0 aliphatic carbocycles. The number of halogens is 1. The zero-order chi connectivity index (χ0) is 16.8. The molecule has 0 radical (unpaired) electrons. The first-order valence-corrected chi connectivity index (χ1v) is 6.69. The molecular weight excluding hydrogens is 305 g/mol. The first-order valence-electron chi connectivity index (χ1n) is 6.69. The van der Waals surface area contributed by atoms with Crippen molar-refractivity contribution < 1.29 is 19.2 Å². The van der Waals surface area contributed by atoms with Gasteiger partial charge in [-0.15, -0.1) is 0 Å². The summed E-state index contributed by atoms with van der Waals surface area (Å²) in [5, 5.41) is 20.7. The van der Waals surface area contributed by atoms with E-state index in [-0.39, 0.29) is 23.4 Å². The number of aliphatic hydroxyl groups is 1. The van der Waals surface area contributed by atoms with Gasteiger partial charge in [0.1, 0.15) is 11.5 Å². The molecule has 0 saturated carbocycles. The number of nitrogens with one attached hydrogen (secondary N) is 2. The number of benzene rings is 2. The highest BCUT2D eigenvalue weighted by Crippen LogP contribution is 2.22. The summed E-state index contributed by atoms with van der Waals surface area (Å²) in [6, 6.07) is 11.1. The smallest absolute Gasteiger partial charge is 0.294 e. The van der Waals surface area contributed by atoms with E-state index in [9.17, 15) is 24.4 Å². The predicted octanol–water partition coefficient (Wildman–Crippen LogP) is 2.30. The Bertz CT molecular complexity index is 723. The van der Waals surface area contributed by atoms with E-state index < -0.39 is 22.8 Å². The number of hydrogen-bond donors (Lipinski definition) is 3. The van der Waals surface area contributed by atoms with Gasteiger partial charge in [-0.25, -0.2) is 4.39 Å². The number of rotatable bonds is 6. The Morgan fingerprint density at radius 3 is 2.70 bits per heavy atom. The molecule has 7 nitrogen and oxygen atoms in total. The summed E-state index contributed by atoms with van der Waals surface area (Å²) in [4.78, 5) is 22.0. The summed E-state index contributed by atoms with van der Waals surface area (Å²) < 4.78 is 13.1. The van der Waals surface area contributed by atoms with E-state index in [0.29, 0.717) is 0 Å². The summed E-state index contributed by atoms with van der Waals surface area (Å²) in [7, 11) is 0. The number of nitrogens with zero attached hydrogens (tertiary/aromatic N) is 1. The van der Waals surface area contributed by atoms with Crippen LogP contribution in [-0.2, 0) is 4.79 Å². The lowest BCUT2D eigenvalue weighted by Crippen LogP contribution is -2.30. The van der Waals surface area contributed by atoms with Crippen molar-refractivity contribution in [3.8, 4) is 0 Å². The highest BCUT2D eigenvalue weighted by molar-refractivity contribution is 5.79. The number of carbonyl (C=O) groups is 1. The second kappa shape index (κ2) is 7.32. The van der Waals surface area contributed by atoms with Crippen molar-refractivity contribution in [1.29, 1.82) is 0 Å². The molecule has 120 valence electrons. The quantitative estimate of drug-likeness (QED) is 0.560. The molecule has 0 heterocycles. The maximum absolute atomic E-state index is 13.1. The zero-order valence-corrected chi connectivity index (χ0v) is 11.9. The van der Waals surface area contributed by atoms with Crippen LogP contribution in [-0.4, -0.2) is 15.9 Å². The number of nitro groups is 1. The van der Waals surface area contributed by atoms with E-state index in [1.807, 2.05) is 0 Å². The van der Waals surface area contributed by atoms with E-state index in [0.717, 1.165) is 6.07 Å². The van der Waals surface area contributed by atoms with Crippen molar-refractivity contribution in [3.63, 3.8) is 0 Å². The number of amides is 1. The molecule has 2 aromatic rings. The van der Waals surface area contributed by atoms with Crippen LogP contribution in [0.3, 0.4) is 0 Å². The van der Waals surface area contributed by atoms with Gasteiger partial charge in [0.05, 0.1) is 17.4 Å². The maximum Gasteiger partial charge on any atom is 0.294 e. The molecule has 0 aliphatic rings. The Hall–Kier alpha value is -3.00. The van der Waals surface area contributed by atoms with Crippen molar-refractivity contribution in [2.45, 2.75) is 12.5 Å². The molecule has 3 N–H and O–H groups in total. The van der Waals surface area contributed by atoms with E-state index in [2.05, 4.69) is 10.9 Å². The van der Waals surface area contributed by atoms with Gasteiger partial charge in [-0.2, -0.15) is 0 Å². The van der Waals surface area contributed by atoms with Crippen molar-refractivity contribution in [1.82, 2.24) is 5.43 Å². The van der Waals surface area contributed by atoms with Crippen molar-refractivity contribution in [2.24, 2.45) is 0 Å². The van der Waals surface area contributed by atoms with Crippen LogP contribution in [0.15, 0.2) is 48.5 Å². The minimum atomic E-state index is -1.18. The lowest BCUT2D eigenvalue weighted by atomic mass is 10.1. The van der Waals surface area contributed by atoms with Gasteiger partial charge in [0.25, 0.3) is 5.69 Å². The molecular formula is C15H14FN3O4. The normalized spacial score (nSPS) is 11.6. The first-order chi connectivity index (χ1) is 11.0. The molecule has 0 aromatic heterocycles. The summed E-state index contributed by atoms with van der Waals surface area (Å²) >= 11 is 0. The molecule has 0 aliphatic heterocycles. The third kappa shape index (κ3) is 4.48. The molecule has 8 heteroatoms. The van der Waals surface area contributed by atoms with Gasteiger partial charge in [-0.3, -0.25) is 25.8 Å². The molecule has 2 aromatic carbocycles. The van der Waals surface area contributed by atoms with E-state index >= 15 is 0 Å². The summed E-state index contributed by atoms with van der Waals surface area (Å²) in [5.41, 5.74) is 4.89. The van der Waals surface area contributed by atoms with Gasteiger partial charge in [-0.05, 0) is 23.8 Å². The second-order valence-corrected chi connectivity index (χ2v) is 4.72. The second-order valence-electron chi connectivity index (χ2n) is 4.72. The van der Waals surface area contributed by atoms with Gasteiger partial charge in [0, 0.05) is 6.07 Å². The fourth-order valence-electron chi connectivity index (χ4n) is 1.93. The van der Waals surface area contributed by atoms with Crippen molar-refractivity contribution in [3.05, 3.63) is 70.0 Å². The first kappa shape index (κ1) is 16.4. The minimum Gasteiger partial charge on any atom is -0.388 e. The molecule has 0 saturated heterocycles. The van der Waals surface area contributed by atoms with Crippen LogP contribution < -0.4 is 10.9 Å². The molecule has 1 atom stereocenters. The van der Waals surface area contributed by atoms with Gasteiger partial charge < -0.3 is 5.11 Å². The van der Waals surface area contributed by atoms with Crippen LogP contribution in [0, 0.1) is 15.9 Å². The fraction of sp³-hybridized carbons (Fsp3) is 0.133. The number of aliphatic hydroxyl groups excluding tert-OH is 1. The molecule has 2 rings (SSSR count). The number of para-hydroxylation sites is 2. The maximum atomic E-state index is 13.1. The standard InChI is InChI=1S/C15H14FN3O4/c16-11-5-3-4-10(8-11)14(20)9-15(21)18-17-12-6-1-2-7-13(12)19(22)23/h1-8,14,17,20H,9H2,(H,18,21). The van der Waals surface area contributed by atoms with Crippen LogP contribution in [0.5, 0.6) is 0 Å². The molecule has 0 spiro atoms. The predicted molar refractivity (Wildman–Crippen MR) is 80.8 cm³/mol. The van der Waals surface area contributed by atoms with Gasteiger partial charge >= 0.3 is 0 Å². The number of hydrogen-bond acceptors (Lipinski definition) is 5. The Labute approximate surface area is 130 Å². The molecule has 1 unspecified atom stereocenters. The fourth-order valence-corrected chi connectivity index (χ4v) is 1.93. The third-order valence-electron chi connectivity index (χ3n) is 3.05. The summed E-state index contributed by atoms with van der Waals surface area (Å²) in [6.45, 7) is 0. The van der Waals surface area contributed by atoms with Gasteiger partial charge in [-0.1, -0.05) is 24.3 Å². The molecule has 23 heavy (non-hydrogen) atoms. The Morgan fingerprint density at radius 2 is 2.00 bits per heavy atom. The Balaban J connectivity index is 1.94. The average molecular weight is 319 g/mol. The molecule has 1 amide bonds. The number of carbonyl (C=O) groups excluding carboxylic acids is 1. The van der Waals surface area contributed by atoms with Crippen molar-refractivity contribution in [2.75, 3.05) is 5.43 Å². The van der Waals surface area contributed by atoms with Crippen LogP contribution in [0.4, 0.5) is 15.8 Å². The number of hydrazine groups is 1. The highest BCUT2D eigenvalue weighted by atomic mass is 19.1. The number of nitro benzene ring substituents is 1. The molecule has 0 fully saturated rings. The number of anilines is 1. The lowest BCUT2D eigenvalue weighted by molar-refractivity contribution is -0.384. The van der Waals surface area contributed by atoms with Crippen LogP contribution in [0.1, 0.15) is 18.1 Å².